The summed E-state index contributed by atoms with van der Waals surface area (Å²) in [6, 6.07) is 8.85. The van der Waals surface area contributed by atoms with Gasteiger partial charge in [-0.15, -0.1) is 0 Å². The highest BCUT2D eigenvalue weighted by atomic mass is 16.3. The molecule has 3 rings (SSSR count). The van der Waals surface area contributed by atoms with Crippen molar-refractivity contribution < 1.29 is 4.42 Å². The Hall–Kier alpha value is -1.28. The zero-order chi connectivity index (χ0) is 11.8. The Bertz CT molecular complexity index is 525. The molecule has 2 aromatic rings. The SMILES string of the molecule is CCc1oc2ccccc2c1C(NC)C1CC1. The smallest absolute Gasteiger partial charge is 0.134 e. The van der Waals surface area contributed by atoms with E-state index in [0.29, 0.717) is 6.04 Å². The van der Waals surface area contributed by atoms with Gasteiger partial charge in [0.1, 0.15) is 11.3 Å². The van der Waals surface area contributed by atoms with E-state index in [4.69, 9.17) is 4.42 Å². The minimum Gasteiger partial charge on any atom is -0.461 e. The number of nitrogens with one attached hydrogen (secondary N) is 1. The van der Waals surface area contributed by atoms with Crippen LogP contribution in [0.3, 0.4) is 0 Å². The van der Waals surface area contributed by atoms with Crippen molar-refractivity contribution in [3.05, 3.63) is 35.6 Å². The predicted molar refractivity (Wildman–Crippen MR) is 70.1 cm³/mol. The Morgan fingerprint density at radius 3 is 2.76 bits per heavy atom. The van der Waals surface area contributed by atoms with Gasteiger partial charge in [0.15, 0.2) is 0 Å². The highest BCUT2D eigenvalue weighted by Crippen LogP contribution is 2.44. The van der Waals surface area contributed by atoms with E-state index >= 15 is 0 Å². The molecule has 1 saturated carbocycles. The number of benzene rings is 1. The Morgan fingerprint density at radius 1 is 1.35 bits per heavy atom. The molecule has 2 heteroatoms. The summed E-state index contributed by atoms with van der Waals surface area (Å²) in [5.74, 6) is 1.95. The van der Waals surface area contributed by atoms with Gasteiger partial charge in [0.25, 0.3) is 0 Å². The normalized spacial score (nSPS) is 17.5. The Kier molecular flexibility index (Phi) is 2.67. The molecule has 1 heterocycles. The van der Waals surface area contributed by atoms with E-state index in [0.717, 1.165) is 23.7 Å². The monoisotopic (exact) mass is 229 g/mol. The molecule has 0 radical (unpaired) electrons. The van der Waals surface area contributed by atoms with Crippen LogP contribution in [0.4, 0.5) is 0 Å². The number of fused-ring (bicyclic) bond motifs is 1. The molecule has 1 N–H and O–H groups in total. The van der Waals surface area contributed by atoms with Crippen molar-refractivity contribution >= 4 is 11.0 Å². The van der Waals surface area contributed by atoms with Gasteiger partial charge in [-0.05, 0) is 31.9 Å². The minimum absolute atomic E-state index is 0.466. The Balaban J connectivity index is 2.17. The molecule has 0 spiro atoms. The van der Waals surface area contributed by atoms with E-state index in [1.54, 1.807) is 0 Å². The summed E-state index contributed by atoms with van der Waals surface area (Å²) < 4.78 is 5.97. The van der Waals surface area contributed by atoms with E-state index in [-0.39, 0.29) is 0 Å². The van der Waals surface area contributed by atoms with Gasteiger partial charge in [-0.1, -0.05) is 25.1 Å². The second-order valence-electron chi connectivity index (χ2n) is 4.89. The van der Waals surface area contributed by atoms with Crippen molar-refractivity contribution in [3.63, 3.8) is 0 Å². The largest absolute Gasteiger partial charge is 0.461 e. The van der Waals surface area contributed by atoms with E-state index in [9.17, 15) is 0 Å². The number of para-hydroxylation sites is 1. The molecule has 0 aliphatic heterocycles. The molecule has 1 aliphatic rings. The number of rotatable bonds is 4. The quantitative estimate of drug-likeness (QED) is 0.865. The summed E-state index contributed by atoms with van der Waals surface area (Å²) in [7, 11) is 2.06. The third-order valence-corrected chi connectivity index (χ3v) is 3.75. The lowest BCUT2D eigenvalue weighted by atomic mass is 9.98. The van der Waals surface area contributed by atoms with E-state index in [1.165, 1.54) is 23.8 Å². The molecular weight excluding hydrogens is 210 g/mol. The lowest BCUT2D eigenvalue weighted by Gasteiger charge is -2.15. The Labute approximate surface area is 102 Å². The molecule has 0 saturated heterocycles. The first-order valence-corrected chi connectivity index (χ1v) is 6.52. The molecule has 1 fully saturated rings. The molecule has 1 unspecified atom stereocenters. The molecular formula is C15H19NO. The van der Waals surface area contributed by atoms with Gasteiger partial charge in [0, 0.05) is 23.4 Å². The van der Waals surface area contributed by atoms with Gasteiger partial charge in [0.2, 0.25) is 0 Å². The van der Waals surface area contributed by atoms with Crippen LogP contribution in [0.5, 0.6) is 0 Å². The summed E-state index contributed by atoms with van der Waals surface area (Å²) >= 11 is 0. The van der Waals surface area contributed by atoms with Crippen molar-refractivity contribution in [1.29, 1.82) is 0 Å². The molecule has 2 nitrogen and oxygen atoms in total. The maximum Gasteiger partial charge on any atom is 0.134 e. The minimum atomic E-state index is 0.466. The predicted octanol–water partition coefficient (Wildman–Crippen LogP) is 3.67. The molecule has 0 amide bonds. The average Bonchev–Trinajstić information content (AvgIpc) is 3.12. The van der Waals surface area contributed by atoms with Gasteiger partial charge in [0.05, 0.1) is 0 Å². The summed E-state index contributed by atoms with van der Waals surface area (Å²) in [5, 5.41) is 4.76. The summed E-state index contributed by atoms with van der Waals surface area (Å²) in [4.78, 5) is 0. The van der Waals surface area contributed by atoms with Gasteiger partial charge < -0.3 is 9.73 Å². The van der Waals surface area contributed by atoms with E-state index in [1.807, 2.05) is 6.07 Å². The number of furan rings is 1. The van der Waals surface area contributed by atoms with Crippen LogP contribution >= 0.6 is 0 Å². The number of hydrogen-bond donors (Lipinski definition) is 1. The summed E-state index contributed by atoms with van der Waals surface area (Å²) in [6.45, 7) is 2.17. The van der Waals surface area contributed by atoms with Crippen LogP contribution in [0.15, 0.2) is 28.7 Å². The van der Waals surface area contributed by atoms with Gasteiger partial charge in [-0.2, -0.15) is 0 Å². The fourth-order valence-corrected chi connectivity index (χ4v) is 2.76. The van der Waals surface area contributed by atoms with Crippen LogP contribution in [0.1, 0.15) is 37.1 Å². The fourth-order valence-electron chi connectivity index (χ4n) is 2.76. The topological polar surface area (TPSA) is 25.2 Å². The van der Waals surface area contributed by atoms with E-state index in [2.05, 4.69) is 37.5 Å². The molecule has 17 heavy (non-hydrogen) atoms. The lowest BCUT2D eigenvalue weighted by molar-refractivity contribution is 0.494. The van der Waals surface area contributed by atoms with Gasteiger partial charge in [-0.3, -0.25) is 0 Å². The van der Waals surface area contributed by atoms with Crippen molar-refractivity contribution in [2.24, 2.45) is 5.92 Å². The molecule has 1 aromatic carbocycles. The second-order valence-corrected chi connectivity index (χ2v) is 4.89. The van der Waals surface area contributed by atoms with Gasteiger partial charge >= 0.3 is 0 Å². The highest BCUT2D eigenvalue weighted by Gasteiger charge is 2.34. The van der Waals surface area contributed by atoms with Crippen molar-refractivity contribution in [1.82, 2.24) is 5.32 Å². The average molecular weight is 229 g/mol. The first-order chi connectivity index (χ1) is 8.35. The van der Waals surface area contributed by atoms with Crippen molar-refractivity contribution in [2.75, 3.05) is 7.05 Å². The van der Waals surface area contributed by atoms with Crippen LogP contribution in [0.25, 0.3) is 11.0 Å². The number of hydrogen-bond acceptors (Lipinski definition) is 2. The zero-order valence-corrected chi connectivity index (χ0v) is 10.5. The maximum absolute atomic E-state index is 5.97. The zero-order valence-electron chi connectivity index (χ0n) is 10.5. The fraction of sp³-hybridized carbons (Fsp3) is 0.467. The van der Waals surface area contributed by atoms with Crippen molar-refractivity contribution in [2.45, 2.75) is 32.2 Å². The Morgan fingerprint density at radius 2 is 2.12 bits per heavy atom. The van der Waals surface area contributed by atoms with Crippen LogP contribution in [0.2, 0.25) is 0 Å². The third-order valence-electron chi connectivity index (χ3n) is 3.75. The third kappa shape index (κ3) is 1.77. The van der Waals surface area contributed by atoms with Crippen LogP contribution in [-0.2, 0) is 6.42 Å². The highest BCUT2D eigenvalue weighted by molar-refractivity contribution is 5.83. The van der Waals surface area contributed by atoms with Gasteiger partial charge in [-0.25, -0.2) is 0 Å². The van der Waals surface area contributed by atoms with Crippen LogP contribution in [0, 0.1) is 5.92 Å². The summed E-state index contributed by atoms with van der Waals surface area (Å²) in [5.41, 5.74) is 2.42. The molecule has 1 aromatic heterocycles. The molecule has 0 bridgehead atoms. The molecule has 90 valence electrons. The van der Waals surface area contributed by atoms with Crippen LogP contribution < -0.4 is 5.32 Å². The lowest BCUT2D eigenvalue weighted by Crippen LogP contribution is -2.19. The second kappa shape index (κ2) is 4.19. The molecule has 1 aliphatic carbocycles. The standard InChI is InChI=1S/C15H19NO/c1-3-12-14(15(16-2)10-8-9-10)11-6-4-5-7-13(11)17-12/h4-7,10,15-16H,3,8-9H2,1-2H3. The summed E-state index contributed by atoms with van der Waals surface area (Å²) in [6.07, 6.45) is 3.65. The molecule has 1 atom stereocenters. The van der Waals surface area contributed by atoms with Crippen molar-refractivity contribution in [3.8, 4) is 0 Å². The number of aryl methyl sites for hydroxylation is 1. The first-order valence-electron chi connectivity index (χ1n) is 6.52. The first kappa shape index (κ1) is 10.8. The maximum atomic E-state index is 5.97. The van der Waals surface area contributed by atoms with E-state index < -0.39 is 0 Å². The van der Waals surface area contributed by atoms with Crippen LogP contribution in [-0.4, -0.2) is 7.05 Å².